The summed E-state index contributed by atoms with van der Waals surface area (Å²) in [6, 6.07) is 2.04. The topological polar surface area (TPSA) is 83.9 Å². The van der Waals surface area contributed by atoms with E-state index in [1.54, 1.807) is 0 Å². The molecule has 0 amide bonds. The van der Waals surface area contributed by atoms with Crippen molar-refractivity contribution < 1.29 is 27.4 Å². The second kappa shape index (κ2) is 6.71. The number of carboxylic acids is 1. The van der Waals surface area contributed by atoms with Crippen LogP contribution in [-0.2, 0) is 14.8 Å². The molecule has 1 aromatic carbocycles. The summed E-state index contributed by atoms with van der Waals surface area (Å²) in [4.78, 5) is 10.5. The highest BCUT2D eigenvalue weighted by molar-refractivity contribution is 9.10. The molecule has 0 aliphatic rings. The molecule has 1 unspecified atom stereocenters. The summed E-state index contributed by atoms with van der Waals surface area (Å²) in [6.45, 7) is 1.15. The molecule has 0 bridgehead atoms. The van der Waals surface area contributed by atoms with Crippen molar-refractivity contribution in [3.8, 4) is 5.75 Å². The number of sulfonamides is 1. The molecule has 118 valence electrons. The fourth-order valence-electron chi connectivity index (χ4n) is 1.60. The van der Waals surface area contributed by atoms with Gasteiger partial charge in [0.2, 0.25) is 10.0 Å². The number of hydrogen-bond acceptors (Lipinski definition) is 4. The van der Waals surface area contributed by atoms with Gasteiger partial charge in [0.1, 0.15) is 16.5 Å². The van der Waals surface area contributed by atoms with Crippen LogP contribution in [0.5, 0.6) is 5.75 Å². The summed E-state index contributed by atoms with van der Waals surface area (Å²) >= 11 is 2.94. The Labute approximate surface area is 130 Å². The number of ether oxygens (including phenoxy) is 1. The molecule has 0 spiro atoms. The number of nitrogens with zero attached hydrogens (tertiary/aromatic N) is 1. The highest BCUT2D eigenvalue weighted by Crippen LogP contribution is 2.31. The predicted molar refractivity (Wildman–Crippen MR) is 77.3 cm³/mol. The Balaban J connectivity index is 3.24. The van der Waals surface area contributed by atoms with Crippen LogP contribution in [-0.4, -0.2) is 44.5 Å². The van der Waals surface area contributed by atoms with Crippen LogP contribution in [0.1, 0.15) is 6.92 Å². The van der Waals surface area contributed by atoms with E-state index in [1.165, 1.54) is 27.1 Å². The van der Waals surface area contributed by atoms with E-state index in [0.29, 0.717) is 0 Å². The highest BCUT2D eigenvalue weighted by Gasteiger charge is 2.28. The fourth-order valence-corrected chi connectivity index (χ4v) is 3.33. The molecule has 0 saturated heterocycles. The molecule has 0 aromatic heterocycles. The molecule has 0 saturated carbocycles. The van der Waals surface area contributed by atoms with Gasteiger partial charge in [0, 0.05) is 13.6 Å². The van der Waals surface area contributed by atoms with Gasteiger partial charge >= 0.3 is 5.97 Å². The third-order valence-corrected chi connectivity index (χ3v) is 5.30. The Morgan fingerprint density at radius 3 is 2.57 bits per heavy atom. The second-order valence-electron chi connectivity index (χ2n) is 4.44. The van der Waals surface area contributed by atoms with Gasteiger partial charge in [-0.2, -0.15) is 4.31 Å². The smallest absolute Gasteiger partial charge is 0.307 e. The predicted octanol–water partition coefficient (Wildman–Crippen LogP) is 1.94. The number of rotatable bonds is 6. The second-order valence-corrected chi connectivity index (χ2v) is 7.31. The summed E-state index contributed by atoms with van der Waals surface area (Å²) in [7, 11) is -1.57. The lowest BCUT2D eigenvalue weighted by atomic mass is 10.2. The first-order chi connectivity index (χ1) is 9.61. The number of methoxy groups -OCH3 is 1. The van der Waals surface area contributed by atoms with E-state index in [9.17, 15) is 17.6 Å². The molecule has 1 aromatic rings. The number of benzene rings is 1. The fraction of sp³-hybridized carbons (Fsp3) is 0.417. The minimum absolute atomic E-state index is 0.0295. The Morgan fingerprint density at radius 1 is 1.52 bits per heavy atom. The summed E-state index contributed by atoms with van der Waals surface area (Å²) in [6.07, 6.45) is 0. The summed E-state index contributed by atoms with van der Waals surface area (Å²) in [5.41, 5.74) is 0. The van der Waals surface area contributed by atoms with Crippen molar-refractivity contribution >= 4 is 31.9 Å². The molecule has 21 heavy (non-hydrogen) atoms. The molecule has 6 nitrogen and oxygen atoms in total. The van der Waals surface area contributed by atoms with Gasteiger partial charge < -0.3 is 9.84 Å². The monoisotopic (exact) mass is 383 g/mol. The molecule has 0 aliphatic heterocycles. The summed E-state index contributed by atoms with van der Waals surface area (Å²) in [5.74, 6) is -2.80. The lowest BCUT2D eigenvalue weighted by Crippen LogP contribution is -2.34. The zero-order chi connectivity index (χ0) is 16.4. The van der Waals surface area contributed by atoms with Gasteiger partial charge in [0.05, 0.1) is 17.5 Å². The lowest BCUT2D eigenvalue weighted by Gasteiger charge is -2.20. The minimum Gasteiger partial charge on any atom is -0.495 e. The number of aliphatic carboxylic acids is 1. The SMILES string of the molecule is COc1cc(Br)c(F)cc1S(=O)(=O)N(C)CC(C)C(=O)O. The average molecular weight is 384 g/mol. The Kier molecular flexibility index (Phi) is 5.71. The van der Waals surface area contributed by atoms with E-state index in [1.807, 2.05) is 0 Å². The highest BCUT2D eigenvalue weighted by atomic mass is 79.9. The number of hydrogen-bond donors (Lipinski definition) is 1. The number of carbonyl (C=O) groups is 1. The van der Waals surface area contributed by atoms with Crippen molar-refractivity contribution in [2.24, 2.45) is 5.92 Å². The standard InChI is InChI=1S/C12H15BrFNO5S/c1-7(12(16)17)6-15(2)21(18,19)11-5-9(14)8(13)4-10(11)20-3/h4-5,7H,6H2,1-3H3,(H,16,17). The first-order valence-corrected chi connectivity index (χ1v) is 8.06. The van der Waals surface area contributed by atoms with E-state index in [2.05, 4.69) is 15.9 Å². The van der Waals surface area contributed by atoms with E-state index < -0.39 is 27.7 Å². The maximum absolute atomic E-state index is 13.6. The van der Waals surface area contributed by atoms with Crippen LogP contribution < -0.4 is 4.74 Å². The normalized spacial score (nSPS) is 13.2. The average Bonchev–Trinajstić information content (AvgIpc) is 2.40. The zero-order valence-electron chi connectivity index (χ0n) is 11.6. The van der Waals surface area contributed by atoms with Crippen LogP contribution in [0.3, 0.4) is 0 Å². The quantitative estimate of drug-likeness (QED) is 0.811. The maximum atomic E-state index is 13.6. The van der Waals surface area contributed by atoms with Crippen LogP contribution in [0.2, 0.25) is 0 Å². The largest absolute Gasteiger partial charge is 0.495 e. The third-order valence-electron chi connectivity index (χ3n) is 2.85. The molecular weight excluding hydrogens is 369 g/mol. The van der Waals surface area contributed by atoms with E-state index in [-0.39, 0.29) is 21.7 Å². The van der Waals surface area contributed by atoms with Crippen LogP contribution in [0.15, 0.2) is 21.5 Å². The molecule has 0 aliphatic carbocycles. The molecule has 0 heterocycles. The van der Waals surface area contributed by atoms with Crippen molar-refractivity contribution in [1.29, 1.82) is 0 Å². The Morgan fingerprint density at radius 2 is 2.10 bits per heavy atom. The molecule has 9 heteroatoms. The van der Waals surface area contributed by atoms with Crippen molar-refractivity contribution in [3.05, 3.63) is 22.4 Å². The first kappa shape index (κ1) is 17.9. The lowest BCUT2D eigenvalue weighted by molar-refractivity contribution is -0.141. The van der Waals surface area contributed by atoms with Crippen molar-refractivity contribution in [2.75, 3.05) is 20.7 Å². The van der Waals surface area contributed by atoms with Gasteiger partial charge in [0.25, 0.3) is 0 Å². The maximum Gasteiger partial charge on any atom is 0.307 e. The zero-order valence-corrected chi connectivity index (χ0v) is 14.0. The summed E-state index contributed by atoms with van der Waals surface area (Å²) in [5, 5.41) is 8.84. The first-order valence-electron chi connectivity index (χ1n) is 5.83. The Bertz CT molecular complexity index is 649. The number of halogens is 2. The van der Waals surface area contributed by atoms with Crippen molar-refractivity contribution in [3.63, 3.8) is 0 Å². The van der Waals surface area contributed by atoms with Crippen LogP contribution in [0.25, 0.3) is 0 Å². The molecular formula is C12H15BrFNO5S. The molecule has 1 atom stereocenters. The van der Waals surface area contributed by atoms with Crippen molar-refractivity contribution in [1.82, 2.24) is 4.31 Å². The minimum atomic E-state index is -4.07. The molecule has 0 radical (unpaired) electrons. The number of carboxylic acid groups (broad SMARTS) is 1. The van der Waals surface area contributed by atoms with Crippen LogP contribution in [0, 0.1) is 11.7 Å². The van der Waals surface area contributed by atoms with Gasteiger partial charge in [-0.1, -0.05) is 6.92 Å². The molecule has 1 N–H and O–H groups in total. The third kappa shape index (κ3) is 3.92. The van der Waals surface area contributed by atoms with Gasteiger partial charge in [-0.3, -0.25) is 4.79 Å². The van der Waals surface area contributed by atoms with Crippen LogP contribution >= 0.6 is 15.9 Å². The van der Waals surface area contributed by atoms with E-state index in [0.717, 1.165) is 10.4 Å². The summed E-state index contributed by atoms with van der Waals surface area (Å²) < 4.78 is 44.3. The molecule has 0 fully saturated rings. The van der Waals surface area contributed by atoms with Gasteiger partial charge in [-0.15, -0.1) is 0 Å². The molecule has 1 rings (SSSR count). The van der Waals surface area contributed by atoms with E-state index in [4.69, 9.17) is 9.84 Å². The van der Waals surface area contributed by atoms with E-state index >= 15 is 0 Å². The van der Waals surface area contributed by atoms with Crippen molar-refractivity contribution in [2.45, 2.75) is 11.8 Å². The van der Waals surface area contributed by atoms with Crippen LogP contribution in [0.4, 0.5) is 4.39 Å². The van der Waals surface area contributed by atoms with Gasteiger partial charge in [-0.05, 0) is 28.1 Å². The van der Waals surface area contributed by atoms with Gasteiger partial charge in [-0.25, -0.2) is 12.8 Å². The Hall–Kier alpha value is -1.19. The van der Waals surface area contributed by atoms with Gasteiger partial charge in [0.15, 0.2) is 0 Å².